The van der Waals surface area contributed by atoms with Gasteiger partial charge >= 0.3 is 0 Å². The molecule has 1 fully saturated rings. The Morgan fingerprint density at radius 2 is 1.50 bits per heavy atom. The molecule has 2 aromatic carbocycles. The van der Waals surface area contributed by atoms with Crippen LogP contribution in [0.2, 0.25) is 0 Å². The molecule has 0 atom stereocenters. The summed E-state index contributed by atoms with van der Waals surface area (Å²) in [6.07, 6.45) is 0. The van der Waals surface area contributed by atoms with Gasteiger partial charge < -0.3 is 10.2 Å². The third-order valence-electron chi connectivity index (χ3n) is 4.81. The molecule has 0 aromatic heterocycles. The monoisotopic (exact) mass is 405 g/mol. The average molecular weight is 406 g/mol. The second-order valence-corrected chi connectivity index (χ2v) is 10.1. The van der Waals surface area contributed by atoms with E-state index in [9.17, 15) is 12.8 Å². The molecule has 0 saturated carbocycles. The average Bonchev–Trinajstić information content (AvgIpc) is 2.67. The molecule has 5 nitrogen and oxygen atoms in total. The van der Waals surface area contributed by atoms with Crippen molar-refractivity contribution in [1.82, 2.24) is 9.62 Å². The zero-order chi connectivity index (χ0) is 20.4. The third-order valence-corrected chi connectivity index (χ3v) is 6.73. The van der Waals surface area contributed by atoms with Crippen molar-refractivity contribution in [3.05, 3.63) is 59.9 Å². The van der Waals surface area contributed by atoms with Crippen molar-refractivity contribution >= 4 is 15.7 Å². The molecule has 1 aliphatic rings. The number of sulfonamides is 1. The Hall–Kier alpha value is -1.96. The quantitative estimate of drug-likeness (QED) is 0.830. The van der Waals surface area contributed by atoms with Crippen LogP contribution in [0.25, 0.3) is 0 Å². The maximum atomic E-state index is 13.1. The Bertz CT molecular complexity index is 883. The van der Waals surface area contributed by atoms with E-state index < -0.39 is 10.0 Å². The minimum atomic E-state index is -3.51. The molecule has 1 saturated heterocycles. The Kier molecular flexibility index (Phi) is 6.07. The Morgan fingerprint density at radius 1 is 0.929 bits per heavy atom. The fourth-order valence-electron chi connectivity index (χ4n) is 3.13. The highest BCUT2D eigenvalue weighted by Crippen LogP contribution is 2.22. The first kappa shape index (κ1) is 20.8. The molecule has 7 heteroatoms. The highest BCUT2D eigenvalue weighted by atomic mass is 32.2. The van der Waals surface area contributed by atoms with Crippen molar-refractivity contribution in [2.45, 2.75) is 37.8 Å². The molecule has 28 heavy (non-hydrogen) atoms. The molecule has 1 heterocycles. The zero-order valence-electron chi connectivity index (χ0n) is 16.7. The number of nitrogens with one attached hydrogen (secondary N) is 1. The number of nitrogens with zero attached hydrogens (tertiary/aromatic N) is 2. The summed E-state index contributed by atoms with van der Waals surface area (Å²) in [4.78, 5) is 2.40. The van der Waals surface area contributed by atoms with E-state index in [-0.39, 0.29) is 11.4 Å². The molecular weight excluding hydrogens is 377 g/mol. The summed E-state index contributed by atoms with van der Waals surface area (Å²) < 4.78 is 40.5. The summed E-state index contributed by atoms with van der Waals surface area (Å²) in [7, 11) is -3.51. The second-order valence-electron chi connectivity index (χ2n) is 8.12. The van der Waals surface area contributed by atoms with E-state index in [0.29, 0.717) is 37.6 Å². The molecule has 0 amide bonds. The Labute approximate surface area is 167 Å². The van der Waals surface area contributed by atoms with Crippen LogP contribution in [0.4, 0.5) is 10.1 Å². The summed E-state index contributed by atoms with van der Waals surface area (Å²) >= 11 is 0. The van der Waals surface area contributed by atoms with E-state index in [1.165, 1.54) is 16.4 Å². The van der Waals surface area contributed by atoms with Crippen LogP contribution in [0.5, 0.6) is 0 Å². The van der Waals surface area contributed by atoms with Crippen molar-refractivity contribution in [1.29, 1.82) is 0 Å². The van der Waals surface area contributed by atoms with E-state index in [2.05, 4.69) is 31.0 Å². The van der Waals surface area contributed by atoms with Crippen LogP contribution >= 0.6 is 0 Å². The number of hydrogen-bond donors (Lipinski definition) is 1. The molecule has 0 radical (unpaired) electrons. The number of benzene rings is 2. The lowest BCUT2D eigenvalue weighted by molar-refractivity contribution is 0.385. The van der Waals surface area contributed by atoms with Gasteiger partial charge in [-0.1, -0.05) is 12.1 Å². The summed E-state index contributed by atoms with van der Waals surface area (Å²) in [6, 6.07) is 13.4. The molecule has 0 aliphatic carbocycles. The lowest BCUT2D eigenvalue weighted by atomic mass is 10.1. The van der Waals surface area contributed by atoms with Crippen LogP contribution in [0.3, 0.4) is 0 Å². The third kappa shape index (κ3) is 5.10. The Balaban J connectivity index is 1.63. The topological polar surface area (TPSA) is 52.7 Å². The van der Waals surface area contributed by atoms with Gasteiger partial charge in [0.25, 0.3) is 0 Å². The van der Waals surface area contributed by atoms with E-state index in [0.717, 1.165) is 11.3 Å². The second kappa shape index (κ2) is 8.19. The van der Waals surface area contributed by atoms with E-state index in [1.54, 1.807) is 24.3 Å². The number of hydrogen-bond acceptors (Lipinski definition) is 4. The fraction of sp³-hybridized carbons (Fsp3) is 0.429. The maximum Gasteiger partial charge on any atom is 0.243 e. The van der Waals surface area contributed by atoms with Gasteiger partial charge in [0.15, 0.2) is 0 Å². The molecule has 3 rings (SSSR count). The van der Waals surface area contributed by atoms with Gasteiger partial charge in [-0.3, -0.25) is 0 Å². The molecule has 1 aliphatic heterocycles. The highest BCUT2D eigenvalue weighted by Gasteiger charge is 2.28. The molecule has 152 valence electrons. The normalized spacial score (nSPS) is 16.4. The van der Waals surface area contributed by atoms with Crippen LogP contribution < -0.4 is 10.2 Å². The van der Waals surface area contributed by atoms with Crippen LogP contribution in [-0.2, 0) is 16.6 Å². The van der Waals surface area contributed by atoms with Gasteiger partial charge in [-0.05, 0) is 62.7 Å². The summed E-state index contributed by atoms with van der Waals surface area (Å²) in [5.74, 6) is -0.272. The van der Waals surface area contributed by atoms with Gasteiger partial charge in [0, 0.05) is 44.0 Å². The first-order valence-corrected chi connectivity index (χ1v) is 10.9. The fourth-order valence-corrected chi connectivity index (χ4v) is 4.56. The van der Waals surface area contributed by atoms with Crippen LogP contribution in [0.1, 0.15) is 26.3 Å². The summed E-state index contributed by atoms with van der Waals surface area (Å²) in [6.45, 7) is 8.96. The minimum Gasteiger partial charge on any atom is -0.369 e. The summed E-state index contributed by atoms with van der Waals surface area (Å²) in [5, 5.41) is 3.39. The number of halogens is 1. The van der Waals surface area contributed by atoms with Crippen LogP contribution in [0, 0.1) is 5.82 Å². The minimum absolute atomic E-state index is 0.00887. The van der Waals surface area contributed by atoms with E-state index in [4.69, 9.17) is 0 Å². The van der Waals surface area contributed by atoms with E-state index >= 15 is 0 Å². The summed E-state index contributed by atoms with van der Waals surface area (Å²) in [5.41, 5.74) is 1.97. The van der Waals surface area contributed by atoms with Crippen molar-refractivity contribution in [3.63, 3.8) is 0 Å². The van der Waals surface area contributed by atoms with Gasteiger partial charge in [-0.2, -0.15) is 4.31 Å². The predicted molar refractivity (Wildman–Crippen MR) is 110 cm³/mol. The number of piperazine rings is 1. The molecule has 0 unspecified atom stereocenters. The smallest absolute Gasteiger partial charge is 0.243 e. The molecule has 0 spiro atoms. The largest absolute Gasteiger partial charge is 0.369 e. The predicted octanol–water partition coefficient (Wildman–Crippen LogP) is 3.22. The number of anilines is 1. The van der Waals surface area contributed by atoms with Gasteiger partial charge in [0.1, 0.15) is 5.82 Å². The van der Waals surface area contributed by atoms with Crippen molar-refractivity contribution in [2.24, 2.45) is 0 Å². The van der Waals surface area contributed by atoms with Gasteiger partial charge in [-0.25, -0.2) is 12.8 Å². The van der Waals surface area contributed by atoms with Crippen molar-refractivity contribution in [2.75, 3.05) is 31.1 Å². The maximum absolute atomic E-state index is 13.1. The molecular formula is C21H28FN3O2S. The van der Waals surface area contributed by atoms with Crippen molar-refractivity contribution < 1.29 is 12.8 Å². The first-order chi connectivity index (χ1) is 13.1. The molecule has 2 aromatic rings. The van der Waals surface area contributed by atoms with Crippen molar-refractivity contribution in [3.8, 4) is 0 Å². The van der Waals surface area contributed by atoms with Crippen LogP contribution in [0.15, 0.2) is 53.4 Å². The van der Waals surface area contributed by atoms with E-state index in [1.807, 2.05) is 12.1 Å². The standard InChI is InChI=1S/C21H28FN3O2S/c1-21(2,3)23-16-17-4-10-20(11-5-17)28(26,27)25-14-12-24(13-15-25)19-8-6-18(22)7-9-19/h4-11,23H,12-16H2,1-3H3. The molecule has 1 N–H and O–H groups in total. The lowest BCUT2D eigenvalue weighted by Crippen LogP contribution is -2.48. The first-order valence-electron chi connectivity index (χ1n) is 9.50. The van der Waals surface area contributed by atoms with Gasteiger partial charge in [0.2, 0.25) is 10.0 Å². The van der Waals surface area contributed by atoms with Gasteiger partial charge in [0.05, 0.1) is 4.90 Å². The zero-order valence-corrected chi connectivity index (χ0v) is 17.5. The van der Waals surface area contributed by atoms with Gasteiger partial charge in [-0.15, -0.1) is 0 Å². The number of rotatable bonds is 5. The highest BCUT2D eigenvalue weighted by molar-refractivity contribution is 7.89. The Morgan fingerprint density at radius 3 is 2.04 bits per heavy atom. The molecule has 0 bridgehead atoms. The SMILES string of the molecule is CC(C)(C)NCc1ccc(S(=O)(=O)N2CCN(c3ccc(F)cc3)CC2)cc1. The van der Waals surface area contributed by atoms with Crippen LogP contribution in [-0.4, -0.2) is 44.4 Å². The lowest BCUT2D eigenvalue weighted by Gasteiger charge is -2.35.